The molecule has 4 N–H and O–H groups in total. The Morgan fingerprint density at radius 3 is 2.62 bits per heavy atom. The molecule has 4 bridgehead atoms. The summed E-state index contributed by atoms with van der Waals surface area (Å²) in [5, 5.41) is 36.9. The molecule has 4 aliphatic rings. The minimum atomic E-state index is -0.483. The van der Waals surface area contributed by atoms with Crippen molar-refractivity contribution < 1.29 is 10.2 Å². The van der Waals surface area contributed by atoms with Gasteiger partial charge in [0.05, 0.1) is 11.8 Å². The molecule has 1 heterocycles. The molecular formula is C22H25N5O2. The van der Waals surface area contributed by atoms with E-state index < -0.39 is 5.60 Å². The predicted molar refractivity (Wildman–Crippen MR) is 108 cm³/mol. The van der Waals surface area contributed by atoms with Crippen molar-refractivity contribution in [3.05, 3.63) is 41.6 Å². The van der Waals surface area contributed by atoms with Gasteiger partial charge in [-0.1, -0.05) is 18.2 Å². The van der Waals surface area contributed by atoms with Crippen molar-refractivity contribution in [2.75, 3.05) is 10.6 Å². The van der Waals surface area contributed by atoms with Gasteiger partial charge in [0, 0.05) is 18.2 Å². The normalized spacial score (nSPS) is 32.0. The van der Waals surface area contributed by atoms with E-state index in [0.717, 1.165) is 37.7 Å². The zero-order valence-corrected chi connectivity index (χ0v) is 16.2. The Bertz CT molecular complexity index is 956. The highest BCUT2D eigenvalue weighted by atomic mass is 16.3. The number of phenols is 1. The van der Waals surface area contributed by atoms with E-state index in [4.69, 9.17) is 0 Å². The Balaban J connectivity index is 1.34. The first-order valence-electron chi connectivity index (χ1n) is 10.3. The molecule has 0 radical (unpaired) electrons. The van der Waals surface area contributed by atoms with Gasteiger partial charge in [0.2, 0.25) is 5.95 Å². The average molecular weight is 391 g/mol. The quantitative estimate of drug-likeness (QED) is 0.619. The van der Waals surface area contributed by atoms with Crippen molar-refractivity contribution >= 4 is 11.8 Å². The summed E-state index contributed by atoms with van der Waals surface area (Å²) in [5.41, 5.74) is 0.692. The maximum Gasteiger partial charge on any atom is 0.224 e. The van der Waals surface area contributed by atoms with Gasteiger partial charge in [0.15, 0.2) is 0 Å². The fourth-order valence-corrected chi connectivity index (χ4v) is 5.87. The first kappa shape index (κ1) is 18.2. The molecule has 4 saturated carbocycles. The Morgan fingerprint density at radius 2 is 1.93 bits per heavy atom. The van der Waals surface area contributed by atoms with Crippen LogP contribution in [0.5, 0.6) is 5.75 Å². The summed E-state index contributed by atoms with van der Waals surface area (Å²) in [6, 6.07) is 9.54. The summed E-state index contributed by atoms with van der Waals surface area (Å²) in [7, 11) is 0. The highest BCUT2D eigenvalue weighted by Gasteiger charge is 2.54. The number of hydrogen-bond donors (Lipinski definition) is 4. The number of hydrogen-bond acceptors (Lipinski definition) is 7. The number of nitriles is 1. The number of phenolic OH excluding ortho intramolecular Hbond substituents is 1. The van der Waals surface area contributed by atoms with Gasteiger partial charge in [-0.25, -0.2) is 4.98 Å². The molecule has 7 nitrogen and oxygen atoms in total. The minimum absolute atomic E-state index is 0.221. The number of anilines is 2. The molecule has 1 aromatic carbocycles. The number of aromatic nitrogens is 2. The van der Waals surface area contributed by atoms with Crippen LogP contribution in [0.15, 0.2) is 30.5 Å². The molecule has 0 spiro atoms. The number of para-hydroxylation sites is 1. The molecule has 6 rings (SSSR count). The van der Waals surface area contributed by atoms with Crippen LogP contribution in [0, 0.1) is 29.1 Å². The molecule has 7 heteroatoms. The summed E-state index contributed by atoms with van der Waals surface area (Å²) in [6.07, 6.45) is 6.44. The van der Waals surface area contributed by atoms with Crippen molar-refractivity contribution in [1.82, 2.24) is 9.97 Å². The lowest BCUT2D eigenvalue weighted by Gasteiger charge is -2.58. The van der Waals surface area contributed by atoms with Gasteiger partial charge in [0.1, 0.15) is 23.2 Å². The fraction of sp³-hybridized carbons (Fsp3) is 0.500. The number of benzene rings is 1. The molecule has 4 aliphatic carbocycles. The second kappa shape index (κ2) is 6.89. The maximum absolute atomic E-state index is 10.8. The van der Waals surface area contributed by atoms with Crippen LogP contribution in [0.4, 0.5) is 11.8 Å². The first-order valence-corrected chi connectivity index (χ1v) is 10.3. The number of nitrogens with one attached hydrogen (secondary N) is 2. The van der Waals surface area contributed by atoms with E-state index in [1.165, 1.54) is 6.20 Å². The Morgan fingerprint density at radius 1 is 1.17 bits per heavy atom. The van der Waals surface area contributed by atoms with Crippen LogP contribution in [-0.4, -0.2) is 31.8 Å². The van der Waals surface area contributed by atoms with Crippen LogP contribution in [-0.2, 0) is 6.54 Å². The summed E-state index contributed by atoms with van der Waals surface area (Å²) in [5.74, 6) is 2.66. The van der Waals surface area contributed by atoms with Gasteiger partial charge in [0.25, 0.3) is 0 Å². The lowest BCUT2D eigenvalue weighted by atomic mass is 9.52. The monoisotopic (exact) mass is 391 g/mol. The van der Waals surface area contributed by atoms with E-state index in [2.05, 4.69) is 26.7 Å². The third-order valence-electron chi connectivity index (χ3n) is 6.88. The Hall–Kier alpha value is -2.85. The summed E-state index contributed by atoms with van der Waals surface area (Å²) < 4.78 is 0. The summed E-state index contributed by atoms with van der Waals surface area (Å²) in [6.45, 7) is 0.390. The van der Waals surface area contributed by atoms with Crippen molar-refractivity contribution in [3.63, 3.8) is 0 Å². The predicted octanol–water partition coefficient (Wildman–Crippen LogP) is 3.02. The maximum atomic E-state index is 10.8. The lowest BCUT2D eigenvalue weighted by molar-refractivity contribution is -0.129. The van der Waals surface area contributed by atoms with Gasteiger partial charge in [-0.05, 0) is 55.9 Å². The van der Waals surface area contributed by atoms with Gasteiger partial charge >= 0.3 is 0 Å². The molecule has 0 amide bonds. The van der Waals surface area contributed by atoms with Gasteiger partial charge < -0.3 is 20.8 Å². The van der Waals surface area contributed by atoms with Crippen LogP contribution in [0.3, 0.4) is 0 Å². The molecule has 3 unspecified atom stereocenters. The van der Waals surface area contributed by atoms with Crippen LogP contribution in [0.1, 0.15) is 43.2 Å². The van der Waals surface area contributed by atoms with Crippen molar-refractivity contribution in [2.45, 2.75) is 50.3 Å². The van der Waals surface area contributed by atoms with Crippen LogP contribution >= 0.6 is 0 Å². The highest BCUT2D eigenvalue weighted by Crippen LogP contribution is 2.56. The smallest absolute Gasteiger partial charge is 0.224 e. The largest absolute Gasteiger partial charge is 0.508 e. The molecule has 29 heavy (non-hydrogen) atoms. The van der Waals surface area contributed by atoms with Gasteiger partial charge in [-0.2, -0.15) is 10.2 Å². The zero-order chi connectivity index (χ0) is 20.0. The molecule has 0 saturated heterocycles. The first-order chi connectivity index (χ1) is 14.0. The summed E-state index contributed by atoms with van der Waals surface area (Å²) >= 11 is 0. The van der Waals surface area contributed by atoms with Gasteiger partial charge in [-0.15, -0.1) is 0 Å². The number of rotatable bonds is 5. The van der Waals surface area contributed by atoms with E-state index in [1.807, 2.05) is 12.1 Å². The van der Waals surface area contributed by atoms with E-state index >= 15 is 0 Å². The second-order valence-electron chi connectivity index (χ2n) is 8.91. The van der Waals surface area contributed by atoms with E-state index in [-0.39, 0.29) is 11.8 Å². The molecule has 1 aromatic heterocycles. The van der Waals surface area contributed by atoms with E-state index in [1.54, 1.807) is 12.1 Å². The molecule has 150 valence electrons. The highest BCUT2D eigenvalue weighted by molar-refractivity contribution is 5.54. The lowest BCUT2D eigenvalue weighted by Crippen LogP contribution is -2.59. The number of aromatic hydroxyl groups is 1. The SMILES string of the molecule is N#Cc1cnc(NCc2ccccc2O)nc1NC1[C@@H]2CC3C[C@H]1CC(O)(C3)C2. The van der Waals surface area contributed by atoms with Crippen molar-refractivity contribution in [2.24, 2.45) is 17.8 Å². The van der Waals surface area contributed by atoms with E-state index in [9.17, 15) is 15.5 Å². The third-order valence-corrected chi connectivity index (χ3v) is 6.88. The van der Waals surface area contributed by atoms with Crippen LogP contribution < -0.4 is 10.6 Å². The topological polar surface area (TPSA) is 114 Å². The Labute approximate surface area is 169 Å². The van der Waals surface area contributed by atoms with Crippen LogP contribution in [0.2, 0.25) is 0 Å². The van der Waals surface area contributed by atoms with Crippen LogP contribution in [0.25, 0.3) is 0 Å². The third kappa shape index (κ3) is 3.38. The van der Waals surface area contributed by atoms with E-state index in [0.29, 0.717) is 41.6 Å². The fourth-order valence-electron chi connectivity index (χ4n) is 5.87. The molecule has 2 aromatic rings. The molecule has 4 fully saturated rings. The minimum Gasteiger partial charge on any atom is -0.508 e. The van der Waals surface area contributed by atoms with Crippen molar-refractivity contribution in [1.29, 1.82) is 5.26 Å². The van der Waals surface area contributed by atoms with Gasteiger partial charge in [-0.3, -0.25) is 0 Å². The molecular weight excluding hydrogens is 366 g/mol. The molecule has 5 atom stereocenters. The number of nitrogens with zero attached hydrogens (tertiary/aromatic N) is 3. The number of aliphatic hydroxyl groups is 1. The van der Waals surface area contributed by atoms with Crippen molar-refractivity contribution in [3.8, 4) is 11.8 Å². The average Bonchev–Trinajstić information content (AvgIpc) is 2.69. The zero-order valence-electron chi connectivity index (χ0n) is 16.2. The standard InChI is InChI=1S/C22H25N5O2/c23-10-17-12-25-21(24-11-14-3-1-2-4-18(14)28)27-20(17)26-19-15-5-13-6-16(19)9-22(29,7-13)8-15/h1-4,12-13,15-16,19,28-29H,5-9,11H2,(H2,24,25,26,27)/t13?,15-,16+,19?,22?. The summed E-state index contributed by atoms with van der Waals surface area (Å²) in [4.78, 5) is 8.80. The second-order valence-corrected chi connectivity index (χ2v) is 8.91. The Kier molecular flexibility index (Phi) is 4.32. The molecule has 0 aliphatic heterocycles.